The Kier molecular flexibility index (Phi) is 4.20. The zero-order valence-electron chi connectivity index (χ0n) is 11.5. The predicted octanol–water partition coefficient (Wildman–Crippen LogP) is 2.88. The van der Waals surface area contributed by atoms with Gasteiger partial charge in [-0.25, -0.2) is 5.10 Å². The monoisotopic (exact) mass is 290 g/mol. The summed E-state index contributed by atoms with van der Waals surface area (Å²) in [6.45, 7) is 5.99. The third kappa shape index (κ3) is 3.05. The molecule has 2 N–H and O–H groups in total. The molecular formula is C14H15ClN4O. The van der Waals surface area contributed by atoms with Gasteiger partial charge in [0.1, 0.15) is 10.7 Å². The van der Waals surface area contributed by atoms with Crippen LogP contribution < -0.4 is 11.0 Å². The van der Waals surface area contributed by atoms with Crippen LogP contribution in [0.5, 0.6) is 0 Å². The molecule has 6 heteroatoms. The summed E-state index contributed by atoms with van der Waals surface area (Å²) >= 11 is 5.85. The number of aromatic nitrogens is 2. The van der Waals surface area contributed by atoms with Crippen molar-refractivity contribution in [2.45, 2.75) is 20.8 Å². The molecule has 0 aliphatic heterocycles. The molecule has 2 rings (SSSR count). The van der Waals surface area contributed by atoms with Crippen LogP contribution in [0.4, 0.5) is 5.69 Å². The third-order valence-corrected chi connectivity index (χ3v) is 3.44. The average molecular weight is 291 g/mol. The van der Waals surface area contributed by atoms with Crippen LogP contribution in [0.25, 0.3) is 0 Å². The summed E-state index contributed by atoms with van der Waals surface area (Å²) in [7, 11) is 0. The Bertz CT molecular complexity index is 721. The molecule has 0 aliphatic rings. The van der Waals surface area contributed by atoms with Crippen LogP contribution in [0.15, 0.2) is 34.3 Å². The second kappa shape index (κ2) is 5.88. The third-order valence-electron chi connectivity index (χ3n) is 3.06. The first-order chi connectivity index (χ1) is 9.49. The minimum atomic E-state index is -0.448. The summed E-state index contributed by atoms with van der Waals surface area (Å²) < 4.78 is 0. The van der Waals surface area contributed by atoms with Gasteiger partial charge in [-0.3, -0.25) is 10.2 Å². The fourth-order valence-electron chi connectivity index (χ4n) is 1.64. The van der Waals surface area contributed by atoms with Crippen LogP contribution in [-0.4, -0.2) is 15.9 Å². The van der Waals surface area contributed by atoms with Crippen molar-refractivity contribution in [1.82, 2.24) is 10.2 Å². The maximum Gasteiger partial charge on any atom is 0.285 e. The van der Waals surface area contributed by atoms with E-state index < -0.39 is 5.56 Å². The molecule has 0 saturated heterocycles. The summed E-state index contributed by atoms with van der Waals surface area (Å²) in [6, 6.07) is 6.11. The van der Waals surface area contributed by atoms with Gasteiger partial charge in [0.2, 0.25) is 0 Å². The number of nitrogens with one attached hydrogen (secondary N) is 2. The Balaban J connectivity index is 2.24. The smallest absolute Gasteiger partial charge is 0.275 e. The molecule has 5 nitrogen and oxygen atoms in total. The van der Waals surface area contributed by atoms with E-state index in [2.05, 4.69) is 40.6 Å². The number of aromatic amines is 1. The van der Waals surface area contributed by atoms with E-state index in [-0.39, 0.29) is 5.02 Å². The molecule has 0 saturated carbocycles. The van der Waals surface area contributed by atoms with Crippen molar-refractivity contribution < 1.29 is 0 Å². The van der Waals surface area contributed by atoms with E-state index in [1.54, 1.807) is 0 Å². The van der Waals surface area contributed by atoms with Crippen LogP contribution in [0.2, 0.25) is 5.02 Å². The molecule has 20 heavy (non-hydrogen) atoms. The number of rotatable bonds is 3. The molecule has 2 aromatic rings. The van der Waals surface area contributed by atoms with Crippen molar-refractivity contribution in [3.63, 3.8) is 0 Å². The lowest BCUT2D eigenvalue weighted by Gasteiger charge is -2.06. The summed E-state index contributed by atoms with van der Waals surface area (Å²) in [5, 5.41) is 10.2. The first-order valence-electron chi connectivity index (χ1n) is 6.10. The lowest BCUT2D eigenvalue weighted by Crippen LogP contribution is -2.10. The molecule has 0 unspecified atom stereocenters. The van der Waals surface area contributed by atoms with E-state index in [4.69, 9.17) is 11.6 Å². The van der Waals surface area contributed by atoms with E-state index >= 15 is 0 Å². The van der Waals surface area contributed by atoms with Crippen LogP contribution in [0.3, 0.4) is 0 Å². The molecule has 0 atom stereocenters. The molecule has 1 aromatic heterocycles. The lowest BCUT2D eigenvalue weighted by molar-refractivity contribution is 0.986. The maximum atomic E-state index is 11.3. The number of benzene rings is 1. The van der Waals surface area contributed by atoms with E-state index in [0.29, 0.717) is 5.69 Å². The molecule has 104 valence electrons. The van der Waals surface area contributed by atoms with Crippen molar-refractivity contribution in [2.75, 3.05) is 5.43 Å². The summed E-state index contributed by atoms with van der Waals surface area (Å²) in [5.74, 6) is 0. The highest BCUT2D eigenvalue weighted by Gasteiger charge is 2.04. The fraction of sp³-hybridized carbons (Fsp3) is 0.214. The molecule has 0 bridgehead atoms. The van der Waals surface area contributed by atoms with Crippen molar-refractivity contribution in [3.8, 4) is 0 Å². The maximum absolute atomic E-state index is 11.3. The Labute approximate surface area is 121 Å². The second-order valence-electron chi connectivity index (χ2n) is 4.53. The lowest BCUT2D eigenvalue weighted by atomic mass is 10.0. The number of hydrogen-bond donors (Lipinski definition) is 2. The first-order valence-corrected chi connectivity index (χ1v) is 6.48. The largest absolute Gasteiger partial charge is 0.285 e. The quantitative estimate of drug-likeness (QED) is 0.674. The molecule has 0 radical (unpaired) electrons. The van der Waals surface area contributed by atoms with Gasteiger partial charge in [-0.05, 0) is 43.5 Å². The van der Waals surface area contributed by atoms with Crippen molar-refractivity contribution in [1.29, 1.82) is 0 Å². The molecule has 0 aliphatic carbocycles. The minimum absolute atomic E-state index is 0.0386. The van der Waals surface area contributed by atoms with E-state index in [1.165, 1.54) is 17.3 Å². The number of hydrazone groups is 1. The number of H-pyrrole nitrogens is 1. The second-order valence-corrected chi connectivity index (χ2v) is 4.91. The van der Waals surface area contributed by atoms with E-state index in [0.717, 1.165) is 11.3 Å². The summed E-state index contributed by atoms with van der Waals surface area (Å²) in [5.41, 5.74) is 6.92. The number of aryl methyl sites for hydroxylation is 2. The normalized spacial score (nSPS) is 11.5. The Morgan fingerprint density at radius 2 is 2.10 bits per heavy atom. The van der Waals surface area contributed by atoms with E-state index in [1.807, 2.05) is 19.1 Å². The number of hydrogen-bond acceptors (Lipinski definition) is 4. The number of halogens is 1. The molecule has 0 spiro atoms. The van der Waals surface area contributed by atoms with Crippen LogP contribution in [-0.2, 0) is 0 Å². The SMILES string of the molecule is CC(=NNc1cn[nH]c(=O)c1Cl)c1ccc(C)c(C)c1. The van der Waals surface area contributed by atoms with Gasteiger partial charge >= 0.3 is 0 Å². The average Bonchev–Trinajstić information content (AvgIpc) is 2.43. The molecule has 1 heterocycles. The Morgan fingerprint density at radius 3 is 2.80 bits per heavy atom. The molecule has 0 fully saturated rings. The Morgan fingerprint density at radius 1 is 1.35 bits per heavy atom. The summed E-state index contributed by atoms with van der Waals surface area (Å²) in [4.78, 5) is 11.3. The minimum Gasteiger partial charge on any atom is -0.275 e. The molecule has 1 aromatic carbocycles. The first kappa shape index (κ1) is 14.3. The molecular weight excluding hydrogens is 276 g/mol. The van der Waals surface area contributed by atoms with Crippen molar-refractivity contribution in [2.24, 2.45) is 5.10 Å². The van der Waals surface area contributed by atoms with Crippen LogP contribution in [0.1, 0.15) is 23.6 Å². The van der Waals surface area contributed by atoms with Gasteiger partial charge in [0.15, 0.2) is 0 Å². The fourth-order valence-corrected chi connectivity index (χ4v) is 1.77. The van der Waals surface area contributed by atoms with Gasteiger partial charge in [0.05, 0.1) is 11.9 Å². The highest BCUT2D eigenvalue weighted by Crippen LogP contribution is 2.15. The standard InChI is InChI=1S/C14H15ClN4O/c1-8-4-5-11(6-9(8)2)10(3)17-18-12-7-16-19-14(20)13(12)15/h4-7H,1-3H3,(H2,18,19,20). The van der Waals surface area contributed by atoms with E-state index in [9.17, 15) is 4.79 Å². The zero-order valence-corrected chi connectivity index (χ0v) is 12.2. The van der Waals surface area contributed by atoms with Crippen LogP contribution >= 0.6 is 11.6 Å². The topological polar surface area (TPSA) is 70.1 Å². The van der Waals surface area contributed by atoms with Gasteiger partial charge in [0.25, 0.3) is 5.56 Å². The van der Waals surface area contributed by atoms with Gasteiger partial charge < -0.3 is 0 Å². The number of nitrogens with zero attached hydrogens (tertiary/aromatic N) is 2. The van der Waals surface area contributed by atoms with Gasteiger partial charge in [0, 0.05) is 0 Å². The highest BCUT2D eigenvalue weighted by atomic mass is 35.5. The van der Waals surface area contributed by atoms with Gasteiger partial charge in [-0.2, -0.15) is 10.2 Å². The van der Waals surface area contributed by atoms with Gasteiger partial charge in [-0.15, -0.1) is 0 Å². The zero-order chi connectivity index (χ0) is 14.7. The predicted molar refractivity (Wildman–Crippen MR) is 81.6 cm³/mol. The Hall–Kier alpha value is -2.14. The van der Waals surface area contributed by atoms with Crippen molar-refractivity contribution in [3.05, 3.63) is 56.5 Å². The molecule has 0 amide bonds. The van der Waals surface area contributed by atoms with Crippen molar-refractivity contribution >= 4 is 23.0 Å². The van der Waals surface area contributed by atoms with Gasteiger partial charge in [-0.1, -0.05) is 23.7 Å². The number of anilines is 1. The highest BCUT2D eigenvalue weighted by molar-refractivity contribution is 6.32. The van der Waals surface area contributed by atoms with Crippen LogP contribution in [0, 0.1) is 13.8 Å². The summed E-state index contributed by atoms with van der Waals surface area (Å²) in [6.07, 6.45) is 1.42.